The average molecular weight is 240 g/mol. The van der Waals surface area contributed by atoms with Crippen LogP contribution in [0.25, 0.3) is 0 Å². The zero-order valence-electron chi connectivity index (χ0n) is 11.6. The molecule has 1 saturated carbocycles. The molecule has 2 atom stereocenters. The fourth-order valence-corrected chi connectivity index (χ4v) is 2.23. The van der Waals surface area contributed by atoms with E-state index in [1.807, 2.05) is 6.92 Å². The van der Waals surface area contributed by atoms with Crippen LogP contribution in [0.3, 0.4) is 0 Å². The maximum atomic E-state index is 11.9. The largest absolute Gasteiger partial charge is 0.463 e. The number of carbonyl (C=O) groups excluding carboxylic acids is 1. The van der Waals surface area contributed by atoms with Gasteiger partial charge in [-0.15, -0.1) is 0 Å². The van der Waals surface area contributed by atoms with Crippen LogP contribution in [0.5, 0.6) is 0 Å². The minimum absolute atomic E-state index is 0.0130. The molecule has 0 unspecified atom stereocenters. The lowest BCUT2D eigenvalue weighted by Gasteiger charge is -2.05. The van der Waals surface area contributed by atoms with Crippen molar-refractivity contribution in [2.24, 2.45) is 17.3 Å². The molecule has 0 heterocycles. The Labute approximate surface area is 104 Å². The highest BCUT2D eigenvalue weighted by atomic mass is 16.6. The fourth-order valence-electron chi connectivity index (χ4n) is 2.23. The lowest BCUT2D eigenvalue weighted by Crippen LogP contribution is -2.14. The van der Waals surface area contributed by atoms with E-state index in [1.165, 1.54) is 5.57 Å². The standard InChI is InChI=1S/C14H24O3/c1-6-16-7-8-17-13(15)12-11(9-10(2)3)14(12,4)5/h9,11-12H,6-8H2,1-5H3/t11-,12-/m1/s1. The molecule has 0 aliphatic heterocycles. The first-order valence-electron chi connectivity index (χ1n) is 6.30. The Bertz CT molecular complexity index is 301. The molecule has 0 aromatic carbocycles. The molecule has 0 amide bonds. The van der Waals surface area contributed by atoms with Crippen molar-refractivity contribution in [1.82, 2.24) is 0 Å². The molecule has 0 aromatic rings. The van der Waals surface area contributed by atoms with Crippen molar-refractivity contribution >= 4 is 5.97 Å². The fraction of sp³-hybridized carbons (Fsp3) is 0.786. The minimum atomic E-state index is -0.0859. The first-order valence-corrected chi connectivity index (χ1v) is 6.30. The summed E-state index contributed by atoms with van der Waals surface area (Å²) in [5.74, 6) is 0.253. The van der Waals surface area contributed by atoms with Gasteiger partial charge in [0.15, 0.2) is 0 Å². The summed E-state index contributed by atoms with van der Waals surface area (Å²) in [5, 5.41) is 0. The molecule has 98 valence electrons. The number of allylic oxidation sites excluding steroid dienone is 2. The first kappa shape index (κ1) is 14.2. The van der Waals surface area contributed by atoms with Gasteiger partial charge in [-0.05, 0) is 32.1 Å². The lowest BCUT2D eigenvalue weighted by molar-refractivity contribution is -0.147. The number of esters is 1. The first-order chi connectivity index (χ1) is 7.91. The summed E-state index contributed by atoms with van der Waals surface area (Å²) in [6.45, 7) is 11.8. The summed E-state index contributed by atoms with van der Waals surface area (Å²) < 4.78 is 10.4. The molecule has 1 aliphatic rings. The quantitative estimate of drug-likeness (QED) is 0.407. The van der Waals surface area contributed by atoms with Crippen LogP contribution in [-0.4, -0.2) is 25.8 Å². The van der Waals surface area contributed by atoms with Crippen LogP contribution in [0.2, 0.25) is 0 Å². The van der Waals surface area contributed by atoms with Gasteiger partial charge in [-0.2, -0.15) is 0 Å². The number of carbonyl (C=O) groups is 1. The van der Waals surface area contributed by atoms with Gasteiger partial charge < -0.3 is 9.47 Å². The molecular formula is C14H24O3. The molecule has 0 saturated heterocycles. The summed E-state index contributed by atoms with van der Waals surface area (Å²) >= 11 is 0. The number of hydrogen-bond acceptors (Lipinski definition) is 3. The van der Waals surface area contributed by atoms with Crippen molar-refractivity contribution < 1.29 is 14.3 Å². The van der Waals surface area contributed by atoms with Gasteiger partial charge in [0.1, 0.15) is 6.61 Å². The molecule has 0 radical (unpaired) electrons. The molecule has 1 aliphatic carbocycles. The molecule has 17 heavy (non-hydrogen) atoms. The van der Waals surface area contributed by atoms with E-state index in [9.17, 15) is 4.79 Å². The van der Waals surface area contributed by atoms with Crippen LogP contribution in [0.15, 0.2) is 11.6 Å². The van der Waals surface area contributed by atoms with Crippen molar-refractivity contribution in [2.75, 3.05) is 19.8 Å². The van der Waals surface area contributed by atoms with E-state index < -0.39 is 0 Å². The third kappa shape index (κ3) is 3.56. The third-order valence-electron chi connectivity index (χ3n) is 3.35. The second kappa shape index (κ2) is 5.67. The van der Waals surface area contributed by atoms with E-state index >= 15 is 0 Å². The summed E-state index contributed by atoms with van der Waals surface area (Å²) in [5.41, 5.74) is 1.30. The Kier molecular flexibility index (Phi) is 4.75. The van der Waals surface area contributed by atoms with E-state index in [4.69, 9.17) is 9.47 Å². The Morgan fingerprint density at radius 1 is 1.29 bits per heavy atom. The minimum Gasteiger partial charge on any atom is -0.463 e. The zero-order chi connectivity index (χ0) is 13.1. The molecule has 0 bridgehead atoms. The monoisotopic (exact) mass is 240 g/mol. The van der Waals surface area contributed by atoms with Crippen molar-refractivity contribution in [1.29, 1.82) is 0 Å². The van der Waals surface area contributed by atoms with Crippen molar-refractivity contribution in [2.45, 2.75) is 34.6 Å². The Hall–Kier alpha value is -0.830. The summed E-state index contributed by atoms with van der Waals surface area (Å²) in [6, 6.07) is 0. The highest BCUT2D eigenvalue weighted by molar-refractivity contribution is 5.78. The van der Waals surface area contributed by atoms with Gasteiger partial charge in [-0.25, -0.2) is 0 Å². The van der Waals surface area contributed by atoms with Gasteiger partial charge in [-0.1, -0.05) is 25.5 Å². The van der Waals surface area contributed by atoms with Crippen LogP contribution < -0.4 is 0 Å². The molecule has 3 nitrogen and oxygen atoms in total. The zero-order valence-corrected chi connectivity index (χ0v) is 11.6. The Balaban J connectivity index is 2.41. The van der Waals surface area contributed by atoms with Gasteiger partial charge in [0.25, 0.3) is 0 Å². The molecule has 3 heteroatoms. The van der Waals surface area contributed by atoms with Crippen molar-refractivity contribution in [3.05, 3.63) is 11.6 Å². The van der Waals surface area contributed by atoms with E-state index in [0.29, 0.717) is 25.7 Å². The predicted molar refractivity (Wildman–Crippen MR) is 67.6 cm³/mol. The Morgan fingerprint density at radius 2 is 1.94 bits per heavy atom. The van der Waals surface area contributed by atoms with Crippen LogP contribution in [0.1, 0.15) is 34.6 Å². The van der Waals surface area contributed by atoms with Crippen LogP contribution in [0.4, 0.5) is 0 Å². The molecular weight excluding hydrogens is 216 g/mol. The van der Waals surface area contributed by atoms with Crippen molar-refractivity contribution in [3.8, 4) is 0 Å². The molecule has 0 spiro atoms. The highest BCUT2D eigenvalue weighted by Gasteiger charge is 2.61. The lowest BCUT2D eigenvalue weighted by atomic mass is 10.1. The van der Waals surface area contributed by atoms with Crippen LogP contribution >= 0.6 is 0 Å². The molecule has 0 aromatic heterocycles. The smallest absolute Gasteiger partial charge is 0.310 e. The van der Waals surface area contributed by atoms with E-state index in [-0.39, 0.29) is 17.3 Å². The van der Waals surface area contributed by atoms with Gasteiger partial charge in [0.2, 0.25) is 0 Å². The summed E-state index contributed by atoms with van der Waals surface area (Å²) in [4.78, 5) is 11.9. The number of hydrogen-bond donors (Lipinski definition) is 0. The third-order valence-corrected chi connectivity index (χ3v) is 3.35. The molecule has 1 rings (SSSR count). The Morgan fingerprint density at radius 3 is 2.47 bits per heavy atom. The van der Waals surface area contributed by atoms with Gasteiger partial charge in [0.05, 0.1) is 12.5 Å². The topological polar surface area (TPSA) is 35.5 Å². The maximum Gasteiger partial charge on any atom is 0.310 e. The van der Waals surface area contributed by atoms with Crippen molar-refractivity contribution in [3.63, 3.8) is 0 Å². The normalized spacial score (nSPS) is 25.2. The van der Waals surface area contributed by atoms with Crippen LogP contribution in [0, 0.1) is 17.3 Å². The second-order valence-corrected chi connectivity index (χ2v) is 5.43. The van der Waals surface area contributed by atoms with Gasteiger partial charge >= 0.3 is 5.97 Å². The van der Waals surface area contributed by atoms with Crippen LogP contribution in [-0.2, 0) is 14.3 Å². The van der Waals surface area contributed by atoms with Gasteiger partial charge in [-0.3, -0.25) is 4.79 Å². The van der Waals surface area contributed by atoms with E-state index in [0.717, 1.165) is 0 Å². The predicted octanol–water partition coefficient (Wildman–Crippen LogP) is 2.80. The second-order valence-electron chi connectivity index (χ2n) is 5.43. The summed E-state index contributed by atoms with van der Waals surface area (Å²) in [6.07, 6.45) is 2.18. The number of rotatable bonds is 6. The SMILES string of the molecule is CCOCCOC(=O)[C@H]1[C@@H](C=C(C)C)C1(C)C. The highest BCUT2D eigenvalue weighted by Crippen LogP contribution is 2.59. The summed E-state index contributed by atoms with van der Waals surface area (Å²) in [7, 11) is 0. The van der Waals surface area contributed by atoms with E-state index in [2.05, 4.69) is 33.8 Å². The molecule has 1 fully saturated rings. The van der Waals surface area contributed by atoms with E-state index in [1.54, 1.807) is 0 Å². The number of ether oxygens (including phenoxy) is 2. The van der Waals surface area contributed by atoms with Gasteiger partial charge in [0, 0.05) is 6.61 Å². The maximum absolute atomic E-state index is 11.9. The average Bonchev–Trinajstić information content (AvgIpc) is 2.74. The molecule has 0 N–H and O–H groups in total.